The number of rotatable bonds is 11. The van der Waals surface area contributed by atoms with Crippen LogP contribution in [0.4, 0.5) is 22.7 Å². The first-order valence-corrected chi connectivity index (χ1v) is 10.7. The van der Waals surface area contributed by atoms with E-state index in [9.17, 15) is 50.0 Å². The molecule has 0 aromatic heterocycles. The molecule has 0 aliphatic carbocycles. The SMILES string of the molecule is O=C(OCc1c([N+](=O)[O-])cccc1[N+](=O)[O-])C(C(=O)OCc1c([N+](=O)[O-])cccc1[N+](=O)[O-])c1ccccc1. The highest BCUT2D eigenvalue weighted by molar-refractivity contribution is 6.00. The Morgan fingerprint density at radius 1 is 0.564 bits per heavy atom. The van der Waals surface area contributed by atoms with Crippen LogP contribution in [0.15, 0.2) is 66.7 Å². The number of nitro groups is 4. The monoisotopic (exact) mass is 540 g/mol. The zero-order chi connectivity index (χ0) is 28.7. The predicted octanol–water partition coefficient (Wildman–Crippen LogP) is 3.89. The van der Waals surface area contributed by atoms with Crippen LogP contribution in [0.3, 0.4) is 0 Å². The second kappa shape index (κ2) is 12.0. The number of carbonyl (C=O) groups excluding carboxylic acids is 2. The van der Waals surface area contributed by atoms with Gasteiger partial charge in [0, 0.05) is 24.3 Å². The molecular formula is C23H16N4O12. The van der Waals surface area contributed by atoms with Gasteiger partial charge in [-0.15, -0.1) is 0 Å². The number of hydrogen-bond donors (Lipinski definition) is 0. The minimum atomic E-state index is -1.84. The van der Waals surface area contributed by atoms with Crippen LogP contribution in [0.2, 0.25) is 0 Å². The van der Waals surface area contributed by atoms with E-state index >= 15 is 0 Å². The number of hydrogen-bond acceptors (Lipinski definition) is 12. The average molecular weight is 540 g/mol. The topological polar surface area (TPSA) is 225 Å². The number of nitrogens with zero attached hydrogens (tertiary/aromatic N) is 4. The summed E-state index contributed by atoms with van der Waals surface area (Å²) in [5.41, 5.74) is -3.81. The first-order valence-electron chi connectivity index (χ1n) is 10.7. The third-order valence-corrected chi connectivity index (χ3v) is 5.36. The van der Waals surface area contributed by atoms with E-state index in [0.29, 0.717) is 0 Å². The van der Waals surface area contributed by atoms with Crippen LogP contribution in [0.25, 0.3) is 0 Å². The fourth-order valence-electron chi connectivity index (χ4n) is 3.57. The fraction of sp³-hybridized carbons (Fsp3) is 0.130. The Labute approximate surface area is 217 Å². The summed E-state index contributed by atoms with van der Waals surface area (Å²) in [7, 11) is 0. The highest BCUT2D eigenvalue weighted by Crippen LogP contribution is 2.31. The Kier molecular flexibility index (Phi) is 8.52. The van der Waals surface area contributed by atoms with E-state index in [1.165, 1.54) is 24.3 Å². The molecule has 0 unspecified atom stereocenters. The molecule has 0 heterocycles. The van der Waals surface area contributed by atoms with Crippen molar-refractivity contribution in [2.75, 3.05) is 0 Å². The lowest BCUT2D eigenvalue weighted by Gasteiger charge is -2.16. The third kappa shape index (κ3) is 6.31. The number of benzene rings is 3. The molecule has 0 saturated heterocycles. The summed E-state index contributed by atoms with van der Waals surface area (Å²) in [5, 5.41) is 45.4. The van der Waals surface area contributed by atoms with Gasteiger partial charge in [0.15, 0.2) is 5.92 Å². The highest BCUT2D eigenvalue weighted by Gasteiger charge is 2.35. The fourth-order valence-corrected chi connectivity index (χ4v) is 3.57. The smallest absolute Gasteiger partial charge is 0.325 e. The zero-order valence-electron chi connectivity index (χ0n) is 19.5. The van der Waals surface area contributed by atoms with E-state index in [4.69, 9.17) is 9.47 Å². The van der Waals surface area contributed by atoms with Crippen molar-refractivity contribution in [3.8, 4) is 0 Å². The molecule has 0 saturated carbocycles. The maximum absolute atomic E-state index is 13.0. The Morgan fingerprint density at radius 3 is 1.21 bits per heavy atom. The molecule has 0 aliphatic rings. The van der Waals surface area contributed by atoms with Gasteiger partial charge in [-0.3, -0.25) is 50.0 Å². The van der Waals surface area contributed by atoms with Crippen molar-refractivity contribution in [2.24, 2.45) is 0 Å². The lowest BCUT2D eigenvalue weighted by molar-refractivity contribution is -0.396. The molecule has 0 amide bonds. The molecule has 3 aromatic rings. The molecule has 16 heteroatoms. The van der Waals surface area contributed by atoms with E-state index in [-0.39, 0.29) is 5.56 Å². The first-order chi connectivity index (χ1) is 18.5. The number of carbonyl (C=O) groups is 2. The van der Waals surface area contributed by atoms with Crippen molar-refractivity contribution in [3.63, 3.8) is 0 Å². The molecule has 0 bridgehead atoms. The number of ether oxygens (including phenoxy) is 2. The molecule has 3 rings (SSSR count). The second-order valence-electron chi connectivity index (χ2n) is 7.64. The van der Waals surface area contributed by atoms with Gasteiger partial charge < -0.3 is 9.47 Å². The Bertz CT molecular complexity index is 1320. The van der Waals surface area contributed by atoms with E-state index in [1.54, 1.807) is 6.07 Å². The zero-order valence-corrected chi connectivity index (χ0v) is 19.5. The summed E-state index contributed by atoms with van der Waals surface area (Å²) in [4.78, 5) is 67.8. The largest absolute Gasteiger partial charge is 0.459 e. The number of nitro benzene ring substituents is 4. The molecule has 0 spiro atoms. The Morgan fingerprint density at radius 2 is 0.897 bits per heavy atom. The van der Waals surface area contributed by atoms with Gasteiger partial charge in [-0.1, -0.05) is 30.3 Å². The summed E-state index contributed by atoms with van der Waals surface area (Å²) in [6, 6.07) is 13.2. The molecule has 0 aliphatic heterocycles. The van der Waals surface area contributed by atoms with Crippen molar-refractivity contribution in [1.29, 1.82) is 0 Å². The maximum atomic E-state index is 13.0. The molecule has 200 valence electrons. The van der Waals surface area contributed by atoms with Gasteiger partial charge in [-0.2, -0.15) is 0 Å². The molecule has 0 fully saturated rings. The maximum Gasteiger partial charge on any atom is 0.325 e. The second-order valence-corrected chi connectivity index (χ2v) is 7.64. The molecule has 3 aromatic carbocycles. The summed E-state index contributed by atoms with van der Waals surface area (Å²) < 4.78 is 10.1. The minimum Gasteiger partial charge on any atom is -0.459 e. The van der Waals surface area contributed by atoms with Gasteiger partial charge in [0.05, 0.1) is 19.7 Å². The quantitative estimate of drug-likeness (QED) is 0.146. The van der Waals surface area contributed by atoms with Gasteiger partial charge in [0.25, 0.3) is 22.7 Å². The molecule has 0 atom stereocenters. The average Bonchev–Trinajstić information content (AvgIpc) is 2.90. The van der Waals surface area contributed by atoms with Crippen molar-refractivity contribution in [2.45, 2.75) is 19.1 Å². The Hall–Kier alpha value is -5.80. The normalized spacial score (nSPS) is 10.5. The van der Waals surface area contributed by atoms with Crippen LogP contribution in [0.5, 0.6) is 0 Å². The highest BCUT2D eigenvalue weighted by atomic mass is 16.6. The van der Waals surface area contributed by atoms with Gasteiger partial charge in [-0.05, 0) is 17.7 Å². The summed E-state index contributed by atoms with van der Waals surface area (Å²) in [5.74, 6) is -4.46. The molecular weight excluding hydrogens is 524 g/mol. The summed E-state index contributed by atoms with van der Waals surface area (Å²) >= 11 is 0. The Balaban J connectivity index is 1.91. The van der Waals surface area contributed by atoms with Gasteiger partial charge in [-0.25, -0.2) is 0 Å². The summed E-state index contributed by atoms with van der Waals surface area (Å²) in [6.45, 7) is -1.89. The van der Waals surface area contributed by atoms with E-state index < -0.39 is 84.6 Å². The van der Waals surface area contributed by atoms with Crippen LogP contribution >= 0.6 is 0 Å². The van der Waals surface area contributed by atoms with Crippen molar-refractivity contribution >= 4 is 34.7 Å². The first kappa shape index (κ1) is 27.8. The number of esters is 2. The van der Waals surface area contributed by atoms with Gasteiger partial charge in [0.2, 0.25) is 0 Å². The van der Waals surface area contributed by atoms with Crippen molar-refractivity contribution in [3.05, 3.63) is 124 Å². The van der Waals surface area contributed by atoms with Crippen LogP contribution in [-0.4, -0.2) is 31.6 Å². The lowest BCUT2D eigenvalue weighted by Crippen LogP contribution is -2.26. The van der Waals surface area contributed by atoms with Crippen LogP contribution in [-0.2, 0) is 32.3 Å². The molecule has 0 N–H and O–H groups in total. The van der Waals surface area contributed by atoms with Crippen LogP contribution in [0, 0.1) is 40.5 Å². The van der Waals surface area contributed by atoms with Gasteiger partial charge in [0.1, 0.15) is 24.3 Å². The van der Waals surface area contributed by atoms with E-state index in [0.717, 1.165) is 36.4 Å². The van der Waals surface area contributed by atoms with Gasteiger partial charge >= 0.3 is 11.9 Å². The molecule has 0 radical (unpaired) electrons. The standard InChI is InChI=1S/C23H16N4O12/c28-22(38-12-15-17(24(30)31)8-4-9-18(15)25(32)33)21(14-6-2-1-3-7-14)23(29)39-13-16-19(26(34)35)10-5-11-20(16)27(36)37/h1-11,21H,12-13H2. The summed E-state index contributed by atoms with van der Waals surface area (Å²) in [6.07, 6.45) is 0. The third-order valence-electron chi connectivity index (χ3n) is 5.36. The molecule has 16 nitrogen and oxygen atoms in total. The molecule has 39 heavy (non-hydrogen) atoms. The van der Waals surface area contributed by atoms with Crippen LogP contribution < -0.4 is 0 Å². The van der Waals surface area contributed by atoms with Crippen molar-refractivity contribution < 1.29 is 38.8 Å². The van der Waals surface area contributed by atoms with Crippen molar-refractivity contribution in [1.82, 2.24) is 0 Å². The van der Waals surface area contributed by atoms with Crippen LogP contribution in [0.1, 0.15) is 22.6 Å². The van der Waals surface area contributed by atoms with E-state index in [1.807, 2.05) is 0 Å². The van der Waals surface area contributed by atoms with E-state index in [2.05, 4.69) is 0 Å². The lowest BCUT2D eigenvalue weighted by atomic mass is 9.99. The minimum absolute atomic E-state index is 0.0293. The predicted molar refractivity (Wildman–Crippen MR) is 128 cm³/mol.